The van der Waals surface area contributed by atoms with E-state index in [1.807, 2.05) is 6.07 Å². The SMILES string of the molecule is Nc1nc(SCc2cccc(F)c2)nc2sc3c(c12)CCCC3. The largest absolute Gasteiger partial charge is 0.383 e. The molecule has 0 saturated carbocycles. The first kappa shape index (κ1) is 14.9. The minimum absolute atomic E-state index is 0.218. The number of aryl methyl sites for hydroxylation is 2. The fourth-order valence-corrected chi connectivity index (χ4v) is 5.13. The van der Waals surface area contributed by atoms with Crippen LogP contribution >= 0.6 is 23.1 Å². The van der Waals surface area contributed by atoms with E-state index in [9.17, 15) is 4.39 Å². The van der Waals surface area contributed by atoms with Gasteiger partial charge in [0.15, 0.2) is 5.16 Å². The summed E-state index contributed by atoms with van der Waals surface area (Å²) in [5.74, 6) is 0.995. The van der Waals surface area contributed by atoms with E-state index in [2.05, 4.69) is 9.97 Å². The van der Waals surface area contributed by atoms with E-state index in [0.29, 0.717) is 16.7 Å². The highest BCUT2D eigenvalue weighted by Gasteiger charge is 2.20. The number of hydrogen-bond donors (Lipinski definition) is 1. The monoisotopic (exact) mass is 345 g/mol. The molecule has 2 aromatic heterocycles. The fraction of sp³-hybridized carbons (Fsp3) is 0.294. The second kappa shape index (κ2) is 6.09. The van der Waals surface area contributed by atoms with Crippen LogP contribution in [0, 0.1) is 5.82 Å². The number of thioether (sulfide) groups is 1. The van der Waals surface area contributed by atoms with Crippen molar-refractivity contribution >= 4 is 39.1 Å². The van der Waals surface area contributed by atoms with E-state index < -0.39 is 0 Å². The first-order chi connectivity index (χ1) is 11.2. The molecule has 0 atom stereocenters. The van der Waals surface area contributed by atoms with Gasteiger partial charge in [0.05, 0.1) is 5.39 Å². The van der Waals surface area contributed by atoms with E-state index >= 15 is 0 Å². The van der Waals surface area contributed by atoms with Gasteiger partial charge in [-0.2, -0.15) is 0 Å². The number of rotatable bonds is 3. The molecule has 2 N–H and O–H groups in total. The summed E-state index contributed by atoms with van der Waals surface area (Å²) >= 11 is 3.24. The second-order valence-electron chi connectivity index (χ2n) is 5.70. The number of halogens is 1. The maximum atomic E-state index is 13.2. The Labute approximate surface area is 142 Å². The lowest BCUT2D eigenvalue weighted by Gasteiger charge is -2.10. The van der Waals surface area contributed by atoms with Crippen LogP contribution in [0.2, 0.25) is 0 Å². The highest BCUT2D eigenvalue weighted by Crippen LogP contribution is 2.38. The Morgan fingerprint density at radius 3 is 2.96 bits per heavy atom. The summed E-state index contributed by atoms with van der Waals surface area (Å²) in [6, 6.07) is 6.61. The Hall–Kier alpha value is -1.66. The number of nitrogens with zero attached hydrogens (tertiary/aromatic N) is 2. The van der Waals surface area contributed by atoms with Gasteiger partial charge in [-0.15, -0.1) is 11.3 Å². The third-order valence-corrected chi connectivity index (χ3v) is 6.18. The highest BCUT2D eigenvalue weighted by molar-refractivity contribution is 7.98. The number of anilines is 1. The number of benzene rings is 1. The summed E-state index contributed by atoms with van der Waals surface area (Å²) in [6.07, 6.45) is 4.67. The van der Waals surface area contributed by atoms with Crippen molar-refractivity contribution in [3.8, 4) is 0 Å². The van der Waals surface area contributed by atoms with Gasteiger partial charge in [-0.25, -0.2) is 14.4 Å². The smallest absolute Gasteiger partial charge is 0.191 e. The molecule has 1 aliphatic rings. The third-order valence-electron chi connectivity index (χ3n) is 4.08. The molecule has 0 radical (unpaired) electrons. The Bertz CT molecular complexity index is 876. The van der Waals surface area contributed by atoms with Crippen LogP contribution in [0.4, 0.5) is 10.2 Å². The fourth-order valence-electron chi connectivity index (χ4n) is 3.00. The third kappa shape index (κ3) is 2.93. The molecule has 118 valence electrons. The molecule has 3 nitrogen and oxygen atoms in total. The maximum Gasteiger partial charge on any atom is 0.191 e. The lowest BCUT2D eigenvalue weighted by molar-refractivity contribution is 0.626. The minimum Gasteiger partial charge on any atom is -0.383 e. The number of thiophene rings is 1. The minimum atomic E-state index is -0.218. The van der Waals surface area contributed by atoms with E-state index in [1.54, 1.807) is 23.5 Å². The first-order valence-electron chi connectivity index (χ1n) is 7.66. The van der Waals surface area contributed by atoms with Crippen LogP contribution in [0.1, 0.15) is 28.8 Å². The maximum absolute atomic E-state index is 13.2. The van der Waals surface area contributed by atoms with Crippen LogP contribution in [0.3, 0.4) is 0 Å². The van der Waals surface area contributed by atoms with E-state index in [0.717, 1.165) is 28.6 Å². The number of hydrogen-bond acceptors (Lipinski definition) is 5. The summed E-state index contributed by atoms with van der Waals surface area (Å²) in [5.41, 5.74) is 8.48. The molecule has 0 aliphatic heterocycles. The molecular formula is C17H16FN3S2. The molecule has 0 amide bonds. The molecule has 0 fully saturated rings. The number of nitrogen functional groups attached to an aromatic ring is 1. The van der Waals surface area contributed by atoms with E-state index in [-0.39, 0.29) is 5.82 Å². The van der Waals surface area contributed by atoms with Crippen molar-refractivity contribution in [2.45, 2.75) is 36.6 Å². The summed E-state index contributed by atoms with van der Waals surface area (Å²) in [4.78, 5) is 11.5. The van der Waals surface area contributed by atoms with Crippen molar-refractivity contribution in [3.63, 3.8) is 0 Å². The molecule has 0 bridgehead atoms. The van der Waals surface area contributed by atoms with Crippen molar-refractivity contribution in [2.75, 3.05) is 5.73 Å². The van der Waals surface area contributed by atoms with Crippen LogP contribution in [-0.4, -0.2) is 9.97 Å². The highest BCUT2D eigenvalue weighted by atomic mass is 32.2. The van der Waals surface area contributed by atoms with Crippen LogP contribution < -0.4 is 5.73 Å². The second-order valence-corrected chi connectivity index (χ2v) is 7.73. The van der Waals surface area contributed by atoms with Gasteiger partial charge in [0.1, 0.15) is 16.5 Å². The zero-order chi connectivity index (χ0) is 15.8. The molecule has 1 aromatic carbocycles. The lowest BCUT2D eigenvalue weighted by atomic mass is 9.97. The van der Waals surface area contributed by atoms with E-state index in [4.69, 9.17) is 5.73 Å². The Morgan fingerprint density at radius 1 is 1.22 bits per heavy atom. The van der Waals surface area contributed by atoms with Gasteiger partial charge in [-0.1, -0.05) is 23.9 Å². The van der Waals surface area contributed by atoms with Gasteiger partial charge in [-0.05, 0) is 48.9 Å². The molecule has 0 unspecified atom stereocenters. The number of fused-ring (bicyclic) bond motifs is 3. The molecule has 0 saturated heterocycles. The summed E-state index contributed by atoms with van der Waals surface area (Å²) in [7, 11) is 0. The van der Waals surface area contributed by atoms with Crippen LogP contribution in [0.15, 0.2) is 29.4 Å². The van der Waals surface area contributed by atoms with Crippen molar-refractivity contribution in [3.05, 3.63) is 46.1 Å². The van der Waals surface area contributed by atoms with Crippen LogP contribution in [-0.2, 0) is 18.6 Å². The van der Waals surface area contributed by atoms with Crippen molar-refractivity contribution in [1.82, 2.24) is 9.97 Å². The zero-order valence-corrected chi connectivity index (χ0v) is 14.1. The summed E-state index contributed by atoms with van der Waals surface area (Å²) in [6.45, 7) is 0. The van der Waals surface area contributed by atoms with Gasteiger partial charge < -0.3 is 5.73 Å². The lowest BCUT2D eigenvalue weighted by Crippen LogP contribution is -2.01. The Kier molecular flexibility index (Phi) is 3.95. The zero-order valence-electron chi connectivity index (χ0n) is 12.5. The predicted octanol–water partition coefficient (Wildman–Crippen LogP) is 4.58. The summed E-state index contributed by atoms with van der Waals surface area (Å²) < 4.78 is 13.2. The quantitative estimate of drug-likeness (QED) is 0.557. The molecule has 6 heteroatoms. The Morgan fingerprint density at radius 2 is 2.09 bits per heavy atom. The summed E-state index contributed by atoms with van der Waals surface area (Å²) in [5, 5.41) is 1.72. The van der Waals surface area contributed by atoms with Crippen molar-refractivity contribution in [2.24, 2.45) is 0 Å². The number of nitrogens with two attached hydrogens (primary N) is 1. The van der Waals surface area contributed by atoms with Crippen molar-refractivity contribution < 1.29 is 4.39 Å². The van der Waals surface area contributed by atoms with Gasteiger partial charge in [0, 0.05) is 10.6 Å². The van der Waals surface area contributed by atoms with Gasteiger partial charge in [0.2, 0.25) is 0 Å². The molecule has 0 spiro atoms. The molecule has 3 aromatic rings. The first-order valence-corrected chi connectivity index (χ1v) is 9.46. The molecule has 23 heavy (non-hydrogen) atoms. The molecule has 2 heterocycles. The van der Waals surface area contributed by atoms with Crippen LogP contribution in [0.5, 0.6) is 0 Å². The van der Waals surface area contributed by atoms with Gasteiger partial charge >= 0.3 is 0 Å². The van der Waals surface area contributed by atoms with Gasteiger partial charge in [0.25, 0.3) is 0 Å². The standard InChI is InChI=1S/C17H16FN3S2/c18-11-5-3-4-10(8-11)9-22-17-20-15(19)14-12-6-1-2-7-13(12)23-16(14)21-17/h3-5,8H,1-2,6-7,9H2,(H2,19,20,21). The van der Waals surface area contributed by atoms with Crippen LogP contribution in [0.25, 0.3) is 10.2 Å². The predicted molar refractivity (Wildman–Crippen MR) is 94.4 cm³/mol. The Balaban J connectivity index is 1.63. The molecule has 1 aliphatic carbocycles. The van der Waals surface area contributed by atoms with Crippen molar-refractivity contribution in [1.29, 1.82) is 0 Å². The number of aromatic nitrogens is 2. The normalized spacial score (nSPS) is 14.1. The average molecular weight is 345 g/mol. The topological polar surface area (TPSA) is 51.8 Å². The molecule has 4 rings (SSSR count). The van der Waals surface area contributed by atoms with Gasteiger partial charge in [-0.3, -0.25) is 0 Å². The van der Waals surface area contributed by atoms with E-state index in [1.165, 1.54) is 41.1 Å². The molecular weight excluding hydrogens is 329 g/mol. The average Bonchev–Trinajstić information content (AvgIpc) is 2.92.